The average molecular weight is 142 g/mol. The third-order valence-corrected chi connectivity index (χ3v) is 2.47. The molecule has 0 saturated heterocycles. The van der Waals surface area contributed by atoms with Gasteiger partial charge in [-0.05, 0) is 25.7 Å². The van der Waals surface area contributed by atoms with E-state index in [0.29, 0.717) is 12.5 Å². The van der Waals surface area contributed by atoms with Gasteiger partial charge in [0, 0.05) is 6.54 Å². The molecule has 1 amide bonds. The molecule has 1 saturated carbocycles. The molecule has 0 aliphatic heterocycles. The Morgan fingerprint density at radius 1 is 1.70 bits per heavy atom. The summed E-state index contributed by atoms with van der Waals surface area (Å²) in [6.45, 7) is 2.24. The van der Waals surface area contributed by atoms with E-state index in [-0.39, 0.29) is 5.91 Å². The SMILES string of the molecule is CC(CN)(C(N)=O)C1CC1. The van der Waals surface area contributed by atoms with Crippen molar-refractivity contribution in [2.45, 2.75) is 19.8 Å². The summed E-state index contributed by atoms with van der Waals surface area (Å²) >= 11 is 0. The topological polar surface area (TPSA) is 69.1 Å². The normalized spacial score (nSPS) is 23.8. The maximum Gasteiger partial charge on any atom is 0.224 e. The predicted molar refractivity (Wildman–Crippen MR) is 39.1 cm³/mol. The molecule has 1 unspecified atom stereocenters. The van der Waals surface area contributed by atoms with Gasteiger partial charge >= 0.3 is 0 Å². The molecule has 58 valence electrons. The van der Waals surface area contributed by atoms with Crippen LogP contribution in [0, 0.1) is 11.3 Å². The number of primary amides is 1. The van der Waals surface area contributed by atoms with Crippen molar-refractivity contribution in [1.82, 2.24) is 0 Å². The van der Waals surface area contributed by atoms with E-state index in [0.717, 1.165) is 12.8 Å². The smallest absolute Gasteiger partial charge is 0.224 e. The number of hydrogen-bond acceptors (Lipinski definition) is 2. The lowest BCUT2D eigenvalue weighted by atomic mass is 9.84. The summed E-state index contributed by atoms with van der Waals surface area (Å²) in [5, 5.41) is 0. The summed E-state index contributed by atoms with van der Waals surface area (Å²) in [6, 6.07) is 0. The minimum absolute atomic E-state index is 0.252. The van der Waals surface area contributed by atoms with E-state index >= 15 is 0 Å². The molecule has 0 aromatic carbocycles. The second kappa shape index (κ2) is 2.23. The van der Waals surface area contributed by atoms with Crippen LogP contribution in [0.2, 0.25) is 0 Å². The lowest BCUT2D eigenvalue weighted by Crippen LogP contribution is -2.42. The standard InChI is InChI=1S/C7H14N2O/c1-7(4-8,6(9)10)5-2-3-5/h5H,2-4,8H2,1H3,(H2,9,10). The van der Waals surface area contributed by atoms with Crippen LogP contribution in [0.4, 0.5) is 0 Å². The predicted octanol–water partition coefficient (Wildman–Crippen LogP) is -0.153. The molecule has 1 fully saturated rings. The lowest BCUT2D eigenvalue weighted by Gasteiger charge is -2.22. The zero-order chi connectivity index (χ0) is 7.78. The molecule has 0 aromatic rings. The van der Waals surface area contributed by atoms with Gasteiger partial charge in [0.1, 0.15) is 0 Å². The van der Waals surface area contributed by atoms with E-state index in [1.807, 2.05) is 6.92 Å². The molecule has 1 rings (SSSR count). The van der Waals surface area contributed by atoms with Crippen molar-refractivity contribution < 1.29 is 4.79 Å². The van der Waals surface area contributed by atoms with E-state index in [9.17, 15) is 4.79 Å². The summed E-state index contributed by atoms with van der Waals surface area (Å²) in [5.41, 5.74) is 10.2. The molecular weight excluding hydrogens is 128 g/mol. The highest BCUT2D eigenvalue weighted by Gasteiger charge is 2.44. The first-order valence-corrected chi connectivity index (χ1v) is 3.61. The average Bonchev–Trinajstić information content (AvgIpc) is 2.67. The maximum absolute atomic E-state index is 10.9. The van der Waals surface area contributed by atoms with Crippen LogP contribution in [0.15, 0.2) is 0 Å². The summed E-state index contributed by atoms with van der Waals surface area (Å²) in [6.07, 6.45) is 2.22. The lowest BCUT2D eigenvalue weighted by molar-refractivity contribution is -0.127. The highest BCUT2D eigenvalue weighted by Crippen LogP contribution is 2.44. The molecule has 1 aliphatic rings. The summed E-state index contributed by atoms with van der Waals surface area (Å²) < 4.78 is 0. The Morgan fingerprint density at radius 3 is 2.30 bits per heavy atom. The van der Waals surface area contributed by atoms with Gasteiger partial charge in [0.2, 0.25) is 5.91 Å². The van der Waals surface area contributed by atoms with Crippen LogP contribution in [-0.4, -0.2) is 12.5 Å². The van der Waals surface area contributed by atoms with Crippen molar-refractivity contribution in [1.29, 1.82) is 0 Å². The molecular formula is C7H14N2O. The zero-order valence-corrected chi connectivity index (χ0v) is 6.26. The van der Waals surface area contributed by atoms with Crippen LogP contribution in [0.3, 0.4) is 0 Å². The number of carbonyl (C=O) groups is 1. The van der Waals surface area contributed by atoms with E-state index in [2.05, 4.69) is 0 Å². The number of hydrogen-bond donors (Lipinski definition) is 2. The molecule has 0 bridgehead atoms. The highest BCUT2D eigenvalue weighted by molar-refractivity contribution is 5.81. The fraction of sp³-hybridized carbons (Fsp3) is 0.857. The van der Waals surface area contributed by atoms with Gasteiger partial charge in [0.05, 0.1) is 5.41 Å². The molecule has 1 aliphatic carbocycles. The maximum atomic E-state index is 10.9. The fourth-order valence-corrected chi connectivity index (χ4v) is 1.19. The molecule has 4 N–H and O–H groups in total. The first kappa shape index (κ1) is 7.54. The van der Waals surface area contributed by atoms with Crippen molar-refractivity contribution >= 4 is 5.91 Å². The monoisotopic (exact) mass is 142 g/mol. The molecule has 0 spiro atoms. The van der Waals surface area contributed by atoms with Crippen LogP contribution < -0.4 is 11.5 Å². The third kappa shape index (κ3) is 1.01. The molecule has 3 nitrogen and oxygen atoms in total. The Hall–Kier alpha value is -0.570. The fourth-order valence-electron chi connectivity index (χ4n) is 1.19. The van der Waals surface area contributed by atoms with Crippen molar-refractivity contribution in [3.05, 3.63) is 0 Å². The van der Waals surface area contributed by atoms with Crippen molar-refractivity contribution in [2.75, 3.05) is 6.54 Å². The summed E-state index contributed by atoms with van der Waals surface area (Å²) in [7, 11) is 0. The first-order valence-electron chi connectivity index (χ1n) is 3.61. The Balaban J connectivity index is 2.65. The molecule has 1 atom stereocenters. The Bertz CT molecular complexity index is 154. The van der Waals surface area contributed by atoms with Crippen LogP contribution in [0.25, 0.3) is 0 Å². The van der Waals surface area contributed by atoms with Gasteiger partial charge in [-0.25, -0.2) is 0 Å². The molecule has 0 heterocycles. The molecule has 0 aromatic heterocycles. The number of rotatable bonds is 3. The second-order valence-electron chi connectivity index (χ2n) is 3.26. The molecule has 0 radical (unpaired) electrons. The largest absolute Gasteiger partial charge is 0.369 e. The van der Waals surface area contributed by atoms with Crippen LogP contribution in [-0.2, 0) is 4.79 Å². The van der Waals surface area contributed by atoms with Crippen LogP contribution >= 0.6 is 0 Å². The van der Waals surface area contributed by atoms with Gasteiger partial charge in [-0.15, -0.1) is 0 Å². The van der Waals surface area contributed by atoms with Crippen LogP contribution in [0.1, 0.15) is 19.8 Å². The molecule has 3 heteroatoms. The van der Waals surface area contributed by atoms with Crippen LogP contribution in [0.5, 0.6) is 0 Å². The number of carbonyl (C=O) groups excluding carboxylic acids is 1. The van der Waals surface area contributed by atoms with Crippen molar-refractivity contribution in [3.63, 3.8) is 0 Å². The van der Waals surface area contributed by atoms with E-state index < -0.39 is 5.41 Å². The van der Waals surface area contributed by atoms with Gasteiger partial charge < -0.3 is 11.5 Å². The Labute approximate surface area is 60.8 Å². The van der Waals surface area contributed by atoms with Gasteiger partial charge in [0.15, 0.2) is 0 Å². The second-order valence-corrected chi connectivity index (χ2v) is 3.26. The quantitative estimate of drug-likeness (QED) is 0.575. The molecule has 10 heavy (non-hydrogen) atoms. The van der Waals surface area contributed by atoms with Gasteiger partial charge in [-0.2, -0.15) is 0 Å². The van der Waals surface area contributed by atoms with E-state index in [4.69, 9.17) is 11.5 Å². The minimum atomic E-state index is -0.431. The highest BCUT2D eigenvalue weighted by atomic mass is 16.1. The van der Waals surface area contributed by atoms with E-state index in [1.54, 1.807) is 0 Å². The summed E-state index contributed by atoms with van der Waals surface area (Å²) in [5.74, 6) is 0.201. The third-order valence-electron chi connectivity index (χ3n) is 2.47. The number of amides is 1. The van der Waals surface area contributed by atoms with Gasteiger partial charge in [0.25, 0.3) is 0 Å². The van der Waals surface area contributed by atoms with Crippen molar-refractivity contribution in [2.24, 2.45) is 22.8 Å². The minimum Gasteiger partial charge on any atom is -0.369 e. The first-order chi connectivity index (χ1) is 4.61. The Kier molecular flexibility index (Phi) is 1.68. The number of nitrogens with two attached hydrogens (primary N) is 2. The summed E-state index contributed by atoms with van der Waals surface area (Å²) in [4.78, 5) is 10.9. The van der Waals surface area contributed by atoms with E-state index in [1.165, 1.54) is 0 Å². The Morgan fingerprint density at radius 2 is 2.20 bits per heavy atom. The van der Waals surface area contributed by atoms with Gasteiger partial charge in [-0.1, -0.05) is 0 Å². The zero-order valence-electron chi connectivity index (χ0n) is 6.26. The van der Waals surface area contributed by atoms with Gasteiger partial charge in [-0.3, -0.25) is 4.79 Å². The van der Waals surface area contributed by atoms with Crippen molar-refractivity contribution in [3.8, 4) is 0 Å².